The quantitative estimate of drug-likeness (QED) is 0.169. The Morgan fingerprint density at radius 2 is 1.03 bits per heavy atom. The monoisotopic (exact) mass is 427 g/mol. The van der Waals surface area contributed by atoms with Gasteiger partial charge in [-0.25, -0.2) is 0 Å². The molecule has 5 heteroatoms. The number of nitrogens with one attached hydrogen (secondary N) is 1. The average molecular weight is 428 g/mol. The third-order valence-electron chi connectivity index (χ3n) is 5.54. The van der Waals surface area contributed by atoms with Crippen LogP contribution in [0.2, 0.25) is 0 Å². The number of unbranched alkanes of at least 4 members (excludes halogenated alkanes) is 15. The SMILES string of the molecule is CCOCCCNC(=O)CCCCCCCCCCCCCCCCCCC(=O)O. The number of carbonyl (C=O) groups excluding carboxylic acids is 1. The Kier molecular flexibility index (Phi) is 23.3. The van der Waals surface area contributed by atoms with Crippen molar-refractivity contribution in [1.82, 2.24) is 5.32 Å². The molecule has 0 aliphatic carbocycles. The van der Waals surface area contributed by atoms with Crippen molar-refractivity contribution in [3.63, 3.8) is 0 Å². The van der Waals surface area contributed by atoms with E-state index in [-0.39, 0.29) is 5.91 Å². The molecule has 0 aliphatic rings. The number of hydrogen-bond donors (Lipinski definition) is 2. The van der Waals surface area contributed by atoms with Crippen molar-refractivity contribution in [2.24, 2.45) is 0 Å². The van der Waals surface area contributed by atoms with Gasteiger partial charge in [-0.15, -0.1) is 0 Å². The molecule has 0 saturated heterocycles. The van der Waals surface area contributed by atoms with E-state index in [2.05, 4.69) is 5.32 Å². The van der Waals surface area contributed by atoms with Crippen LogP contribution in [0.15, 0.2) is 0 Å². The number of hydrogen-bond acceptors (Lipinski definition) is 3. The number of carbonyl (C=O) groups is 2. The first kappa shape index (κ1) is 28.9. The molecular weight excluding hydrogens is 378 g/mol. The van der Waals surface area contributed by atoms with Gasteiger partial charge in [0, 0.05) is 32.6 Å². The summed E-state index contributed by atoms with van der Waals surface area (Å²) in [6.07, 6.45) is 21.7. The van der Waals surface area contributed by atoms with Gasteiger partial charge in [0.1, 0.15) is 0 Å². The molecule has 178 valence electrons. The van der Waals surface area contributed by atoms with E-state index in [9.17, 15) is 9.59 Å². The molecule has 2 N–H and O–H groups in total. The van der Waals surface area contributed by atoms with Gasteiger partial charge < -0.3 is 15.2 Å². The van der Waals surface area contributed by atoms with Crippen LogP contribution < -0.4 is 5.32 Å². The molecule has 5 nitrogen and oxygen atoms in total. The molecule has 0 aromatic rings. The van der Waals surface area contributed by atoms with Crippen LogP contribution in [0.25, 0.3) is 0 Å². The van der Waals surface area contributed by atoms with Crippen molar-refractivity contribution < 1.29 is 19.4 Å². The number of carboxylic acid groups (broad SMARTS) is 1. The van der Waals surface area contributed by atoms with Crippen molar-refractivity contribution in [3.05, 3.63) is 0 Å². The minimum atomic E-state index is -0.667. The van der Waals surface area contributed by atoms with Crippen molar-refractivity contribution in [1.29, 1.82) is 0 Å². The van der Waals surface area contributed by atoms with Crippen molar-refractivity contribution in [2.45, 2.75) is 129 Å². The third kappa shape index (κ3) is 24.9. The highest BCUT2D eigenvalue weighted by atomic mass is 16.5. The minimum Gasteiger partial charge on any atom is -0.481 e. The highest BCUT2D eigenvalue weighted by Crippen LogP contribution is 2.14. The number of ether oxygens (including phenoxy) is 1. The lowest BCUT2D eigenvalue weighted by molar-refractivity contribution is -0.137. The Hall–Kier alpha value is -1.10. The Morgan fingerprint density at radius 3 is 1.43 bits per heavy atom. The smallest absolute Gasteiger partial charge is 0.303 e. The summed E-state index contributed by atoms with van der Waals surface area (Å²) in [5, 5.41) is 11.5. The first-order valence-electron chi connectivity index (χ1n) is 12.7. The number of aliphatic carboxylic acids is 1. The number of amides is 1. The van der Waals surface area contributed by atoms with Crippen LogP contribution >= 0.6 is 0 Å². The summed E-state index contributed by atoms with van der Waals surface area (Å²) >= 11 is 0. The largest absolute Gasteiger partial charge is 0.481 e. The van der Waals surface area contributed by atoms with Crippen LogP contribution in [-0.4, -0.2) is 36.7 Å². The lowest BCUT2D eigenvalue weighted by Crippen LogP contribution is -2.24. The highest BCUT2D eigenvalue weighted by molar-refractivity contribution is 5.75. The number of rotatable bonds is 24. The zero-order chi connectivity index (χ0) is 22.1. The lowest BCUT2D eigenvalue weighted by Gasteiger charge is -2.06. The lowest BCUT2D eigenvalue weighted by atomic mass is 10.0. The van der Waals surface area contributed by atoms with Crippen molar-refractivity contribution in [2.75, 3.05) is 19.8 Å². The van der Waals surface area contributed by atoms with Crippen LogP contribution in [0.4, 0.5) is 0 Å². The summed E-state index contributed by atoms with van der Waals surface area (Å²) in [6, 6.07) is 0. The molecule has 0 aromatic carbocycles. The van der Waals surface area contributed by atoms with E-state index in [0.717, 1.165) is 45.4 Å². The first-order chi connectivity index (χ1) is 14.7. The van der Waals surface area contributed by atoms with Gasteiger partial charge >= 0.3 is 5.97 Å². The molecule has 0 rings (SSSR count). The molecule has 1 amide bonds. The minimum absolute atomic E-state index is 0.185. The van der Waals surface area contributed by atoms with E-state index in [0.29, 0.717) is 12.8 Å². The van der Waals surface area contributed by atoms with E-state index in [4.69, 9.17) is 9.84 Å². The summed E-state index contributed by atoms with van der Waals surface area (Å²) in [5.74, 6) is -0.482. The molecule has 0 radical (unpaired) electrons. The molecule has 0 spiro atoms. The summed E-state index contributed by atoms with van der Waals surface area (Å²) in [4.78, 5) is 22.1. The van der Waals surface area contributed by atoms with Crippen LogP contribution in [0.1, 0.15) is 129 Å². The van der Waals surface area contributed by atoms with Gasteiger partial charge in [0.15, 0.2) is 0 Å². The van der Waals surface area contributed by atoms with E-state index >= 15 is 0 Å². The summed E-state index contributed by atoms with van der Waals surface area (Å²) < 4.78 is 5.25. The Bertz CT molecular complexity index is 387. The van der Waals surface area contributed by atoms with Crippen LogP contribution in [-0.2, 0) is 14.3 Å². The molecule has 0 bridgehead atoms. The molecule has 0 aromatic heterocycles. The fourth-order valence-corrected chi connectivity index (χ4v) is 3.67. The van der Waals surface area contributed by atoms with Gasteiger partial charge in [0.25, 0.3) is 0 Å². The van der Waals surface area contributed by atoms with Crippen molar-refractivity contribution in [3.8, 4) is 0 Å². The van der Waals surface area contributed by atoms with Crippen molar-refractivity contribution >= 4 is 11.9 Å². The van der Waals surface area contributed by atoms with Gasteiger partial charge in [-0.2, -0.15) is 0 Å². The summed E-state index contributed by atoms with van der Waals surface area (Å²) in [7, 11) is 0. The van der Waals surface area contributed by atoms with Crippen LogP contribution in [0, 0.1) is 0 Å². The molecule has 30 heavy (non-hydrogen) atoms. The normalized spacial score (nSPS) is 11.0. The summed E-state index contributed by atoms with van der Waals surface area (Å²) in [6.45, 7) is 4.19. The highest BCUT2D eigenvalue weighted by Gasteiger charge is 2.01. The predicted octanol–water partition coefficient (Wildman–Crippen LogP) is 6.64. The first-order valence-corrected chi connectivity index (χ1v) is 12.7. The summed E-state index contributed by atoms with van der Waals surface area (Å²) in [5.41, 5.74) is 0. The molecule has 0 aliphatic heterocycles. The maximum Gasteiger partial charge on any atom is 0.303 e. The van der Waals surface area contributed by atoms with E-state index < -0.39 is 5.97 Å². The van der Waals surface area contributed by atoms with Gasteiger partial charge in [0.2, 0.25) is 5.91 Å². The van der Waals surface area contributed by atoms with E-state index in [1.807, 2.05) is 6.92 Å². The second-order valence-corrected chi connectivity index (χ2v) is 8.45. The standard InChI is InChI=1S/C25H49NO4/c1-2-30-23-19-22-26-24(27)20-17-15-13-11-9-7-5-3-4-6-8-10-12-14-16-18-21-25(28)29/h2-23H2,1H3,(H,26,27)(H,28,29). The topological polar surface area (TPSA) is 75.6 Å². The molecule has 0 saturated carbocycles. The van der Waals surface area contributed by atoms with E-state index in [1.165, 1.54) is 83.5 Å². The molecule has 0 heterocycles. The van der Waals surface area contributed by atoms with Gasteiger partial charge in [-0.1, -0.05) is 89.9 Å². The maximum absolute atomic E-state index is 11.7. The van der Waals surface area contributed by atoms with Gasteiger partial charge in [-0.05, 0) is 26.2 Å². The second-order valence-electron chi connectivity index (χ2n) is 8.45. The Labute approximate surface area is 185 Å². The predicted molar refractivity (Wildman–Crippen MR) is 125 cm³/mol. The Balaban J connectivity index is 3.11. The molecule has 0 fully saturated rings. The van der Waals surface area contributed by atoms with Crippen LogP contribution in [0.5, 0.6) is 0 Å². The fraction of sp³-hybridized carbons (Fsp3) is 0.920. The Morgan fingerprint density at radius 1 is 0.633 bits per heavy atom. The zero-order valence-corrected chi connectivity index (χ0v) is 19.7. The second kappa shape index (κ2) is 24.2. The maximum atomic E-state index is 11.7. The number of carboxylic acids is 1. The van der Waals surface area contributed by atoms with E-state index in [1.54, 1.807) is 0 Å². The van der Waals surface area contributed by atoms with Crippen LogP contribution in [0.3, 0.4) is 0 Å². The molecule has 0 unspecified atom stereocenters. The molecular formula is C25H49NO4. The molecule has 0 atom stereocenters. The zero-order valence-electron chi connectivity index (χ0n) is 19.7. The fourth-order valence-electron chi connectivity index (χ4n) is 3.67. The van der Waals surface area contributed by atoms with Gasteiger partial charge in [0.05, 0.1) is 0 Å². The van der Waals surface area contributed by atoms with Gasteiger partial charge in [-0.3, -0.25) is 9.59 Å². The average Bonchev–Trinajstić information content (AvgIpc) is 2.72. The third-order valence-corrected chi connectivity index (χ3v) is 5.54.